The van der Waals surface area contributed by atoms with Gasteiger partial charge in [0.25, 0.3) is 0 Å². The summed E-state index contributed by atoms with van der Waals surface area (Å²) in [6, 6.07) is -0.112. The first kappa shape index (κ1) is 12.8. The molecule has 1 fully saturated rings. The number of likely N-dealkylation sites (N-methyl/N-ethyl adjacent to an activating group) is 2. The number of urea groups is 1. The van der Waals surface area contributed by atoms with Crippen molar-refractivity contribution in [2.24, 2.45) is 0 Å². The van der Waals surface area contributed by atoms with Crippen LogP contribution in [0.3, 0.4) is 0 Å². The molecule has 3 amide bonds. The molecule has 0 aliphatic carbocycles. The number of amides is 3. The average molecular weight is 229 g/mol. The summed E-state index contributed by atoms with van der Waals surface area (Å²) in [5.41, 5.74) is 0. The van der Waals surface area contributed by atoms with Gasteiger partial charge in [-0.15, -0.1) is 0 Å². The highest BCUT2D eigenvalue weighted by Gasteiger charge is 2.22. The third-order valence-corrected chi connectivity index (χ3v) is 2.48. The van der Waals surface area contributed by atoms with E-state index in [1.54, 1.807) is 26.0 Å². The normalized spacial score (nSPS) is 15.8. The minimum Gasteiger partial charge on any atom is -0.378 e. The maximum Gasteiger partial charge on any atom is 0.320 e. The highest BCUT2D eigenvalue weighted by molar-refractivity contribution is 5.83. The second-order valence-corrected chi connectivity index (χ2v) is 4.03. The van der Waals surface area contributed by atoms with Crippen LogP contribution in [0.5, 0.6) is 0 Å². The molecule has 1 aliphatic rings. The molecule has 0 spiro atoms. The number of carbonyl (C=O) groups excluding carboxylic acids is 2. The Balaban J connectivity index is 2.43. The molecule has 1 saturated heterocycles. The number of hydrogen-bond donors (Lipinski definition) is 0. The van der Waals surface area contributed by atoms with Gasteiger partial charge in [0.2, 0.25) is 5.91 Å². The molecule has 0 saturated carbocycles. The van der Waals surface area contributed by atoms with E-state index in [4.69, 9.17) is 4.74 Å². The summed E-state index contributed by atoms with van der Waals surface area (Å²) in [7, 11) is 4.99. The molecular formula is C10H19N3O3. The Hall–Kier alpha value is -1.30. The molecule has 0 aromatic heterocycles. The van der Waals surface area contributed by atoms with E-state index in [2.05, 4.69) is 0 Å². The zero-order chi connectivity index (χ0) is 12.1. The predicted molar refractivity (Wildman–Crippen MR) is 59.1 cm³/mol. The number of morpholine rings is 1. The second-order valence-electron chi connectivity index (χ2n) is 4.03. The number of rotatable bonds is 2. The van der Waals surface area contributed by atoms with Gasteiger partial charge in [0.1, 0.15) is 6.54 Å². The molecule has 0 aromatic carbocycles. The van der Waals surface area contributed by atoms with Crippen molar-refractivity contribution in [3.63, 3.8) is 0 Å². The monoisotopic (exact) mass is 229 g/mol. The third-order valence-electron chi connectivity index (χ3n) is 2.48. The molecule has 1 rings (SSSR count). The molecule has 16 heavy (non-hydrogen) atoms. The summed E-state index contributed by atoms with van der Waals surface area (Å²) in [4.78, 5) is 27.9. The van der Waals surface area contributed by atoms with Crippen molar-refractivity contribution in [3.05, 3.63) is 0 Å². The molecule has 92 valence electrons. The van der Waals surface area contributed by atoms with Crippen molar-refractivity contribution in [2.45, 2.75) is 0 Å². The number of ether oxygens (including phenoxy) is 1. The summed E-state index contributed by atoms with van der Waals surface area (Å²) in [5.74, 6) is -0.0795. The van der Waals surface area contributed by atoms with Gasteiger partial charge in [0.15, 0.2) is 0 Å². The fourth-order valence-electron chi connectivity index (χ4n) is 1.41. The Morgan fingerprint density at radius 2 is 1.75 bits per heavy atom. The zero-order valence-electron chi connectivity index (χ0n) is 10.1. The average Bonchev–Trinajstić information content (AvgIpc) is 2.28. The Labute approximate surface area is 95.7 Å². The Bertz CT molecular complexity index is 262. The molecule has 0 bridgehead atoms. The van der Waals surface area contributed by atoms with Crippen LogP contribution in [-0.2, 0) is 9.53 Å². The van der Waals surface area contributed by atoms with E-state index in [-0.39, 0.29) is 18.5 Å². The van der Waals surface area contributed by atoms with E-state index in [0.29, 0.717) is 26.3 Å². The van der Waals surface area contributed by atoms with Crippen molar-refractivity contribution >= 4 is 11.9 Å². The van der Waals surface area contributed by atoms with Crippen LogP contribution in [0.4, 0.5) is 4.79 Å². The molecule has 1 aliphatic heterocycles. The van der Waals surface area contributed by atoms with Crippen LogP contribution in [0.25, 0.3) is 0 Å². The van der Waals surface area contributed by atoms with E-state index in [9.17, 15) is 9.59 Å². The standard InChI is InChI=1S/C10H19N3O3/c1-11(2)9(14)8-12(3)10(15)13-4-6-16-7-5-13/h4-8H2,1-3H3. The first-order valence-corrected chi connectivity index (χ1v) is 5.30. The Morgan fingerprint density at radius 3 is 2.25 bits per heavy atom. The van der Waals surface area contributed by atoms with Crippen molar-refractivity contribution in [3.8, 4) is 0 Å². The first-order chi connectivity index (χ1) is 7.52. The molecule has 6 heteroatoms. The summed E-state index contributed by atoms with van der Waals surface area (Å²) in [5, 5.41) is 0. The van der Waals surface area contributed by atoms with Gasteiger partial charge in [0.05, 0.1) is 13.2 Å². The Morgan fingerprint density at radius 1 is 1.19 bits per heavy atom. The fourth-order valence-corrected chi connectivity index (χ4v) is 1.41. The number of nitrogens with zero attached hydrogens (tertiary/aromatic N) is 3. The highest BCUT2D eigenvalue weighted by atomic mass is 16.5. The van der Waals surface area contributed by atoms with Gasteiger partial charge >= 0.3 is 6.03 Å². The lowest BCUT2D eigenvalue weighted by Gasteiger charge is -2.31. The zero-order valence-corrected chi connectivity index (χ0v) is 10.1. The maximum atomic E-state index is 11.9. The van der Waals surface area contributed by atoms with E-state index in [1.807, 2.05) is 0 Å². The minimum atomic E-state index is -0.112. The lowest BCUT2D eigenvalue weighted by Crippen LogP contribution is -2.49. The minimum absolute atomic E-state index is 0.0795. The van der Waals surface area contributed by atoms with Crippen molar-refractivity contribution in [1.29, 1.82) is 0 Å². The van der Waals surface area contributed by atoms with Crippen LogP contribution < -0.4 is 0 Å². The molecule has 6 nitrogen and oxygen atoms in total. The molecule has 0 aromatic rings. The van der Waals surface area contributed by atoms with Gasteiger partial charge in [-0.2, -0.15) is 0 Å². The van der Waals surface area contributed by atoms with Gasteiger partial charge in [-0.1, -0.05) is 0 Å². The first-order valence-electron chi connectivity index (χ1n) is 5.30. The van der Waals surface area contributed by atoms with E-state index < -0.39 is 0 Å². The topological polar surface area (TPSA) is 53.1 Å². The van der Waals surface area contributed by atoms with Crippen molar-refractivity contribution in [2.75, 3.05) is 54.0 Å². The van der Waals surface area contributed by atoms with Crippen LogP contribution >= 0.6 is 0 Å². The van der Waals surface area contributed by atoms with Crippen LogP contribution in [-0.4, -0.2) is 80.6 Å². The van der Waals surface area contributed by atoms with E-state index in [0.717, 1.165) is 0 Å². The smallest absolute Gasteiger partial charge is 0.320 e. The molecule has 0 atom stereocenters. The largest absolute Gasteiger partial charge is 0.378 e. The molecule has 0 radical (unpaired) electrons. The van der Waals surface area contributed by atoms with Crippen LogP contribution in [0.1, 0.15) is 0 Å². The second kappa shape index (κ2) is 5.69. The van der Waals surface area contributed by atoms with Crippen LogP contribution in [0.15, 0.2) is 0 Å². The predicted octanol–water partition coefficient (Wildman–Crippen LogP) is -0.541. The molecule has 1 heterocycles. The summed E-state index contributed by atoms with van der Waals surface area (Å²) < 4.78 is 5.16. The van der Waals surface area contributed by atoms with Gasteiger partial charge in [-0.25, -0.2) is 4.79 Å². The van der Waals surface area contributed by atoms with Crippen molar-refractivity contribution < 1.29 is 14.3 Å². The Kier molecular flexibility index (Phi) is 4.54. The van der Waals surface area contributed by atoms with E-state index >= 15 is 0 Å². The molecule has 0 unspecified atom stereocenters. The summed E-state index contributed by atoms with van der Waals surface area (Å²) in [6.45, 7) is 2.45. The number of hydrogen-bond acceptors (Lipinski definition) is 3. The lowest BCUT2D eigenvalue weighted by atomic mass is 10.4. The van der Waals surface area contributed by atoms with Gasteiger partial charge in [-0.05, 0) is 0 Å². The highest BCUT2D eigenvalue weighted by Crippen LogP contribution is 2.01. The maximum absolute atomic E-state index is 11.9. The van der Waals surface area contributed by atoms with E-state index in [1.165, 1.54) is 9.80 Å². The molecular weight excluding hydrogens is 210 g/mol. The van der Waals surface area contributed by atoms with Gasteiger partial charge < -0.3 is 19.4 Å². The SMILES string of the molecule is CN(C)C(=O)CN(C)C(=O)N1CCOCC1. The van der Waals surface area contributed by atoms with Crippen LogP contribution in [0, 0.1) is 0 Å². The quantitative estimate of drug-likeness (QED) is 0.639. The summed E-state index contributed by atoms with van der Waals surface area (Å²) >= 11 is 0. The van der Waals surface area contributed by atoms with Crippen LogP contribution in [0.2, 0.25) is 0 Å². The fraction of sp³-hybridized carbons (Fsp3) is 0.800. The lowest BCUT2D eigenvalue weighted by molar-refractivity contribution is -0.129. The van der Waals surface area contributed by atoms with Gasteiger partial charge in [0, 0.05) is 34.2 Å². The third kappa shape index (κ3) is 3.37. The van der Waals surface area contributed by atoms with Crippen molar-refractivity contribution in [1.82, 2.24) is 14.7 Å². The molecule has 0 N–H and O–H groups in total. The summed E-state index contributed by atoms with van der Waals surface area (Å²) in [6.07, 6.45) is 0. The number of carbonyl (C=O) groups is 2. The van der Waals surface area contributed by atoms with Gasteiger partial charge in [-0.3, -0.25) is 4.79 Å².